The molecular weight excluding hydrogens is 632 g/mol. The molecule has 0 bridgehead atoms. The highest BCUT2D eigenvalue weighted by Crippen LogP contribution is 2.43. The number of ether oxygens (including phenoxy) is 3. The number of piperazine rings is 1. The van der Waals surface area contributed by atoms with E-state index < -0.39 is 51.6 Å². The third kappa shape index (κ3) is 9.62. The van der Waals surface area contributed by atoms with Crippen LogP contribution in [-0.2, 0) is 30.7 Å². The van der Waals surface area contributed by atoms with Crippen molar-refractivity contribution in [3.8, 4) is 5.75 Å². The van der Waals surface area contributed by atoms with Crippen LogP contribution in [0.5, 0.6) is 5.75 Å². The Morgan fingerprint density at radius 3 is 2.19 bits per heavy atom. The molecule has 1 unspecified atom stereocenters. The van der Waals surface area contributed by atoms with Gasteiger partial charge in [0, 0.05) is 38.2 Å². The van der Waals surface area contributed by atoms with Gasteiger partial charge in [-0.25, -0.2) is 27.7 Å². The number of sulfonamides is 1. The molecule has 1 saturated heterocycles. The van der Waals surface area contributed by atoms with Crippen LogP contribution in [-0.4, -0.2) is 104 Å². The summed E-state index contributed by atoms with van der Waals surface area (Å²) in [5, 5.41) is 11.7. The molecule has 0 spiro atoms. The molecule has 3 rings (SSSR count). The SMILES string of the molecule is CCOC(=O)N1CCN(C(=O)[C@H](CCC(/N=C(/N)NS(=O)(=O)c2c(C)c(C)c3c(c2C)CC(C)(C)O3)NC(=O)O)OC(C)(C)C)CC1. The normalized spacial score (nSPS) is 17.8. The van der Waals surface area contributed by atoms with Crippen molar-refractivity contribution < 1.29 is 42.1 Å². The molecular formula is C31H50N6O9S. The summed E-state index contributed by atoms with van der Waals surface area (Å²) in [4.78, 5) is 44.6. The molecule has 5 N–H and O–H groups in total. The summed E-state index contributed by atoms with van der Waals surface area (Å²) in [6.07, 6.45) is -3.48. The fourth-order valence-corrected chi connectivity index (χ4v) is 7.35. The first-order chi connectivity index (χ1) is 21.7. The van der Waals surface area contributed by atoms with E-state index in [1.165, 1.54) is 4.90 Å². The number of nitrogens with one attached hydrogen (secondary N) is 2. The lowest BCUT2D eigenvalue weighted by Gasteiger charge is -2.37. The molecule has 264 valence electrons. The highest BCUT2D eigenvalue weighted by molar-refractivity contribution is 7.90. The number of aliphatic imine (C=N–C) groups is 1. The quantitative estimate of drug-likeness (QED) is 0.210. The van der Waals surface area contributed by atoms with Crippen LogP contribution in [0.4, 0.5) is 9.59 Å². The minimum absolute atomic E-state index is 0.0353. The first-order valence-corrected chi connectivity index (χ1v) is 17.2. The van der Waals surface area contributed by atoms with Gasteiger partial charge in [-0.05, 0) is 91.8 Å². The minimum atomic E-state index is -4.23. The molecule has 15 nitrogen and oxygen atoms in total. The lowest BCUT2D eigenvalue weighted by atomic mass is 9.94. The minimum Gasteiger partial charge on any atom is -0.487 e. The number of rotatable bonds is 10. The van der Waals surface area contributed by atoms with E-state index in [1.807, 2.05) is 13.8 Å². The fourth-order valence-electron chi connectivity index (χ4n) is 5.84. The van der Waals surface area contributed by atoms with Crippen molar-refractivity contribution >= 4 is 34.1 Å². The lowest BCUT2D eigenvalue weighted by Crippen LogP contribution is -2.54. The van der Waals surface area contributed by atoms with E-state index in [-0.39, 0.29) is 43.3 Å². The van der Waals surface area contributed by atoms with Crippen molar-refractivity contribution in [1.82, 2.24) is 19.8 Å². The topological polar surface area (TPSA) is 202 Å². The Morgan fingerprint density at radius 1 is 1.04 bits per heavy atom. The number of guanidine groups is 1. The van der Waals surface area contributed by atoms with Crippen LogP contribution in [0, 0.1) is 20.8 Å². The number of hydrogen-bond donors (Lipinski definition) is 4. The Bertz CT molecular complexity index is 1500. The summed E-state index contributed by atoms with van der Waals surface area (Å²) in [5.74, 6) is -0.161. The van der Waals surface area contributed by atoms with Gasteiger partial charge in [-0.1, -0.05) is 0 Å². The van der Waals surface area contributed by atoms with Crippen molar-refractivity contribution in [2.45, 2.75) is 110 Å². The summed E-state index contributed by atoms with van der Waals surface area (Å²) in [6.45, 7) is 17.6. The van der Waals surface area contributed by atoms with Crippen LogP contribution in [0.1, 0.15) is 76.6 Å². The van der Waals surface area contributed by atoms with Crippen molar-refractivity contribution in [2.24, 2.45) is 10.7 Å². The zero-order valence-corrected chi connectivity index (χ0v) is 29.7. The Hall–Kier alpha value is -3.79. The second kappa shape index (κ2) is 14.5. The number of fused-ring (bicyclic) bond motifs is 1. The highest BCUT2D eigenvalue weighted by atomic mass is 32.2. The van der Waals surface area contributed by atoms with Gasteiger partial charge in [0.25, 0.3) is 15.9 Å². The van der Waals surface area contributed by atoms with Crippen molar-refractivity contribution in [3.05, 3.63) is 22.3 Å². The van der Waals surface area contributed by atoms with Crippen LogP contribution in [0.25, 0.3) is 0 Å². The van der Waals surface area contributed by atoms with Gasteiger partial charge in [0.05, 0.1) is 17.1 Å². The third-order valence-corrected chi connectivity index (χ3v) is 9.60. The van der Waals surface area contributed by atoms with E-state index in [9.17, 15) is 27.9 Å². The van der Waals surface area contributed by atoms with E-state index in [1.54, 1.807) is 53.4 Å². The second-order valence-corrected chi connectivity index (χ2v) is 15.1. The van der Waals surface area contributed by atoms with Gasteiger partial charge in [0.15, 0.2) is 0 Å². The predicted octanol–water partition coefficient (Wildman–Crippen LogP) is 2.78. The summed E-state index contributed by atoms with van der Waals surface area (Å²) in [7, 11) is -4.23. The lowest BCUT2D eigenvalue weighted by molar-refractivity contribution is -0.155. The van der Waals surface area contributed by atoms with E-state index >= 15 is 0 Å². The summed E-state index contributed by atoms with van der Waals surface area (Å²) in [6, 6.07) is 0. The molecule has 0 aromatic heterocycles. The summed E-state index contributed by atoms with van der Waals surface area (Å²) >= 11 is 0. The first-order valence-electron chi connectivity index (χ1n) is 15.7. The maximum atomic E-state index is 13.6. The van der Waals surface area contributed by atoms with E-state index in [0.717, 1.165) is 5.56 Å². The van der Waals surface area contributed by atoms with Crippen LogP contribution in [0.2, 0.25) is 0 Å². The van der Waals surface area contributed by atoms with Gasteiger partial charge in [-0.2, -0.15) is 0 Å². The van der Waals surface area contributed by atoms with Gasteiger partial charge in [-0.15, -0.1) is 0 Å². The van der Waals surface area contributed by atoms with Crippen molar-refractivity contribution in [2.75, 3.05) is 32.8 Å². The standard InChI is InChI=1S/C31H50N6O9S/c1-10-44-29(41)37-15-13-36(14-16-37)26(38)22(45-30(5,6)7)11-12-23(34-28(39)40)33-27(32)35-47(42,43)25-19(3)18(2)24-21(20(25)4)17-31(8,9)46-24/h22-23,34H,10-17H2,1-9H3,(H,39,40)(H3,32,33,35)/t22-,23?/m0/s1. The van der Waals surface area contributed by atoms with E-state index in [2.05, 4.69) is 15.0 Å². The molecule has 3 amide bonds. The molecule has 2 aliphatic heterocycles. The number of carboxylic acid groups (broad SMARTS) is 1. The number of benzene rings is 1. The molecule has 47 heavy (non-hydrogen) atoms. The summed E-state index contributed by atoms with van der Waals surface area (Å²) in [5.41, 5.74) is 7.41. The number of hydrogen-bond acceptors (Lipinski definition) is 9. The largest absolute Gasteiger partial charge is 0.487 e. The maximum Gasteiger partial charge on any atom is 0.409 e. The van der Waals surface area contributed by atoms with Crippen LogP contribution >= 0.6 is 0 Å². The average molecular weight is 683 g/mol. The Kier molecular flexibility index (Phi) is 11.7. The Morgan fingerprint density at radius 2 is 1.64 bits per heavy atom. The van der Waals surface area contributed by atoms with Crippen LogP contribution in [0.3, 0.4) is 0 Å². The fraction of sp³-hybridized carbons (Fsp3) is 0.677. The van der Waals surface area contributed by atoms with Crippen molar-refractivity contribution in [1.29, 1.82) is 0 Å². The van der Waals surface area contributed by atoms with E-state index in [4.69, 9.17) is 19.9 Å². The predicted molar refractivity (Wildman–Crippen MR) is 175 cm³/mol. The van der Waals surface area contributed by atoms with Gasteiger partial charge < -0.3 is 34.9 Å². The molecule has 1 fully saturated rings. The number of carbonyl (C=O) groups excluding carboxylic acids is 2. The third-order valence-electron chi connectivity index (χ3n) is 7.98. The summed E-state index contributed by atoms with van der Waals surface area (Å²) < 4.78 is 46.8. The molecule has 2 aliphatic rings. The molecule has 2 heterocycles. The van der Waals surface area contributed by atoms with Crippen LogP contribution in [0.15, 0.2) is 9.89 Å². The zero-order chi connectivity index (χ0) is 35.5. The number of amides is 3. The van der Waals surface area contributed by atoms with Crippen molar-refractivity contribution in [3.63, 3.8) is 0 Å². The second-order valence-electron chi connectivity index (χ2n) is 13.4. The number of carbonyl (C=O) groups is 3. The van der Waals surface area contributed by atoms with Gasteiger partial charge in [-0.3, -0.25) is 10.1 Å². The molecule has 1 aromatic carbocycles. The van der Waals surface area contributed by atoms with Gasteiger partial charge in [0.1, 0.15) is 23.6 Å². The number of nitrogens with two attached hydrogens (primary N) is 1. The Balaban J connectivity index is 1.79. The highest BCUT2D eigenvalue weighted by Gasteiger charge is 2.37. The maximum absolute atomic E-state index is 13.6. The molecule has 0 aliphatic carbocycles. The zero-order valence-electron chi connectivity index (χ0n) is 28.9. The molecule has 1 aromatic rings. The molecule has 0 radical (unpaired) electrons. The van der Waals surface area contributed by atoms with Crippen LogP contribution < -0.4 is 20.5 Å². The monoisotopic (exact) mass is 682 g/mol. The number of nitrogens with zero attached hydrogens (tertiary/aromatic N) is 3. The van der Waals surface area contributed by atoms with Gasteiger partial charge in [0.2, 0.25) is 5.96 Å². The van der Waals surface area contributed by atoms with E-state index in [0.29, 0.717) is 42.0 Å². The van der Waals surface area contributed by atoms with Gasteiger partial charge >= 0.3 is 12.2 Å². The smallest absolute Gasteiger partial charge is 0.409 e. The molecule has 16 heteroatoms. The molecule has 0 saturated carbocycles. The first kappa shape index (κ1) is 37.7. The molecule has 2 atom stereocenters. The Labute approximate surface area is 277 Å². The average Bonchev–Trinajstić information content (AvgIpc) is 3.28.